The van der Waals surface area contributed by atoms with Crippen molar-refractivity contribution in [3.05, 3.63) is 87.7 Å². The fourth-order valence-electron chi connectivity index (χ4n) is 2.85. The first-order valence-electron chi connectivity index (χ1n) is 9.35. The topological polar surface area (TPSA) is 67.2 Å². The minimum Gasteiger partial charge on any atom is -0.267 e. The summed E-state index contributed by atoms with van der Waals surface area (Å²) in [5.41, 5.74) is 9.50. The van der Waals surface area contributed by atoms with Crippen molar-refractivity contribution in [2.75, 3.05) is 0 Å². The van der Waals surface area contributed by atoms with Gasteiger partial charge in [-0.25, -0.2) is 15.4 Å². The highest BCUT2D eigenvalue weighted by molar-refractivity contribution is 7.98. The number of carbonyl (C=O) groups excluding carboxylic acids is 1. The Balaban J connectivity index is 1.56. The third-order valence-electron chi connectivity index (χ3n) is 4.34. The average molecular weight is 405 g/mol. The van der Waals surface area contributed by atoms with E-state index in [9.17, 15) is 4.79 Å². The van der Waals surface area contributed by atoms with E-state index in [0.717, 1.165) is 39.0 Å². The molecule has 3 aromatic rings. The minimum absolute atomic E-state index is 0.233. The quantitative estimate of drug-likeness (QED) is 0.278. The van der Waals surface area contributed by atoms with Crippen molar-refractivity contribution in [3.8, 4) is 0 Å². The lowest BCUT2D eigenvalue weighted by molar-refractivity contribution is 0.0955. The van der Waals surface area contributed by atoms with E-state index in [2.05, 4.69) is 26.6 Å². The van der Waals surface area contributed by atoms with Gasteiger partial charge < -0.3 is 0 Å². The maximum Gasteiger partial charge on any atom is 0.271 e. The Labute approximate surface area is 175 Å². The average Bonchev–Trinajstić information content (AvgIpc) is 2.67. The molecule has 29 heavy (non-hydrogen) atoms. The molecular formula is C23H24N4OS. The van der Waals surface area contributed by atoms with Gasteiger partial charge in [-0.3, -0.25) is 4.79 Å². The number of aromatic nitrogens is 2. The molecule has 0 radical (unpaired) electrons. The molecule has 1 amide bonds. The van der Waals surface area contributed by atoms with E-state index in [-0.39, 0.29) is 5.91 Å². The predicted octanol–water partition coefficient (Wildman–Crippen LogP) is 4.77. The molecular weight excluding hydrogens is 380 g/mol. The third-order valence-corrected chi connectivity index (χ3v) is 5.26. The van der Waals surface area contributed by atoms with Crippen LogP contribution < -0.4 is 5.43 Å². The van der Waals surface area contributed by atoms with Gasteiger partial charge >= 0.3 is 0 Å². The van der Waals surface area contributed by atoms with Crippen LogP contribution in [0.2, 0.25) is 0 Å². The fraction of sp³-hybridized carbons (Fsp3) is 0.217. The van der Waals surface area contributed by atoms with Crippen molar-refractivity contribution >= 4 is 23.9 Å². The van der Waals surface area contributed by atoms with Gasteiger partial charge in [-0.15, -0.1) is 0 Å². The maximum atomic E-state index is 12.3. The number of hydrogen-bond acceptors (Lipinski definition) is 5. The normalized spacial score (nSPS) is 11.0. The monoisotopic (exact) mass is 404 g/mol. The van der Waals surface area contributed by atoms with E-state index in [0.29, 0.717) is 5.56 Å². The molecule has 5 nitrogen and oxygen atoms in total. The van der Waals surface area contributed by atoms with E-state index in [1.165, 1.54) is 5.56 Å². The summed E-state index contributed by atoms with van der Waals surface area (Å²) >= 11 is 1.58. The Morgan fingerprint density at radius 2 is 1.69 bits per heavy atom. The summed E-state index contributed by atoms with van der Waals surface area (Å²) in [6, 6.07) is 15.6. The van der Waals surface area contributed by atoms with Crippen LogP contribution in [0.1, 0.15) is 44.0 Å². The molecule has 0 saturated heterocycles. The smallest absolute Gasteiger partial charge is 0.267 e. The molecule has 1 aromatic heterocycles. The first-order chi connectivity index (χ1) is 13.9. The van der Waals surface area contributed by atoms with E-state index in [4.69, 9.17) is 0 Å². The largest absolute Gasteiger partial charge is 0.271 e. The minimum atomic E-state index is -0.233. The van der Waals surface area contributed by atoms with Gasteiger partial charge in [0.15, 0.2) is 5.16 Å². The lowest BCUT2D eigenvalue weighted by atomic mass is 10.1. The highest BCUT2D eigenvalue weighted by Crippen LogP contribution is 2.20. The summed E-state index contributed by atoms with van der Waals surface area (Å²) in [6.45, 7) is 8.01. The van der Waals surface area contributed by atoms with Crippen molar-refractivity contribution in [2.45, 2.75) is 38.6 Å². The zero-order chi connectivity index (χ0) is 20.8. The predicted molar refractivity (Wildman–Crippen MR) is 118 cm³/mol. The van der Waals surface area contributed by atoms with Gasteiger partial charge in [0.2, 0.25) is 0 Å². The molecule has 1 N–H and O–H groups in total. The molecule has 2 aromatic carbocycles. The molecule has 0 saturated carbocycles. The molecule has 0 unspecified atom stereocenters. The van der Waals surface area contributed by atoms with Gasteiger partial charge in [-0.2, -0.15) is 5.10 Å². The van der Waals surface area contributed by atoms with Gasteiger partial charge in [0, 0.05) is 22.7 Å². The molecule has 0 atom stereocenters. The Bertz CT molecular complexity index is 1020. The molecule has 148 valence electrons. The Morgan fingerprint density at radius 1 is 1.00 bits per heavy atom. The first-order valence-corrected chi connectivity index (χ1v) is 10.3. The van der Waals surface area contributed by atoms with Crippen LogP contribution >= 0.6 is 11.8 Å². The second kappa shape index (κ2) is 9.47. The molecule has 0 aliphatic heterocycles. The van der Waals surface area contributed by atoms with E-state index in [1.807, 2.05) is 58.0 Å². The van der Waals surface area contributed by atoms with Crippen LogP contribution in [0.15, 0.2) is 58.8 Å². The highest BCUT2D eigenvalue weighted by atomic mass is 32.2. The van der Waals surface area contributed by atoms with Gasteiger partial charge in [-0.05, 0) is 62.6 Å². The highest BCUT2D eigenvalue weighted by Gasteiger charge is 2.06. The van der Waals surface area contributed by atoms with Gasteiger partial charge in [0.05, 0.1) is 6.21 Å². The van der Waals surface area contributed by atoms with Gasteiger partial charge in [0.25, 0.3) is 5.91 Å². The molecule has 1 heterocycles. The van der Waals surface area contributed by atoms with Crippen molar-refractivity contribution in [1.82, 2.24) is 15.4 Å². The van der Waals surface area contributed by atoms with Crippen molar-refractivity contribution in [1.29, 1.82) is 0 Å². The van der Waals surface area contributed by atoms with Gasteiger partial charge in [-0.1, -0.05) is 47.7 Å². The molecule has 0 spiro atoms. The SMILES string of the molecule is Cc1ccc(/C=N\NC(=O)c2ccc(CSc3nc(C)cc(C)n3)cc2)c(C)c1. The van der Waals surface area contributed by atoms with Crippen molar-refractivity contribution in [3.63, 3.8) is 0 Å². The summed E-state index contributed by atoms with van der Waals surface area (Å²) in [5, 5.41) is 4.85. The van der Waals surface area contributed by atoms with Crippen LogP contribution in [-0.2, 0) is 5.75 Å². The Hall–Kier alpha value is -2.99. The number of benzene rings is 2. The number of thioether (sulfide) groups is 1. The summed E-state index contributed by atoms with van der Waals surface area (Å²) in [5.74, 6) is 0.512. The number of rotatable bonds is 6. The standard InChI is InChI=1S/C23H24N4OS/c1-15-5-8-21(16(2)11-15)13-24-27-22(28)20-9-6-19(7-10-20)14-29-23-25-17(3)12-18(4)26-23/h5-13H,14H2,1-4H3,(H,27,28)/b24-13-. The molecule has 0 aliphatic carbocycles. The number of nitrogens with zero attached hydrogens (tertiary/aromatic N) is 3. The number of hydrogen-bond donors (Lipinski definition) is 1. The fourth-order valence-corrected chi connectivity index (χ4v) is 3.76. The molecule has 0 aliphatic rings. The number of carbonyl (C=O) groups is 1. The summed E-state index contributed by atoms with van der Waals surface area (Å²) in [7, 11) is 0. The Kier molecular flexibility index (Phi) is 6.77. The Morgan fingerprint density at radius 3 is 2.34 bits per heavy atom. The molecule has 6 heteroatoms. The van der Waals surface area contributed by atoms with Crippen LogP contribution in [0.25, 0.3) is 0 Å². The second-order valence-electron chi connectivity index (χ2n) is 6.98. The van der Waals surface area contributed by atoms with Crippen LogP contribution in [0.4, 0.5) is 0 Å². The number of hydrazone groups is 1. The lowest BCUT2D eigenvalue weighted by Gasteiger charge is -2.05. The molecule has 0 bridgehead atoms. The van der Waals surface area contributed by atoms with E-state index < -0.39 is 0 Å². The molecule has 0 fully saturated rings. The van der Waals surface area contributed by atoms with Crippen LogP contribution in [0.5, 0.6) is 0 Å². The van der Waals surface area contributed by atoms with E-state index >= 15 is 0 Å². The maximum absolute atomic E-state index is 12.3. The number of amides is 1. The van der Waals surface area contributed by atoms with Crippen LogP contribution in [0.3, 0.4) is 0 Å². The third kappa shape index (κ3) is 5.99. The van der Waals surface area contributed by atoms with Crippen molar-refractivity contribution < 1.29 is 4.79 Å². The first kappa shape index (κ1) is 20.7. The second-order valence-corrected chi connectivity index (χ2v) is 7.92. The number of nitrogens with one attached hydrogen (secondary N) is 1. The molecule has 3 rings (SSSR count). The summed E-state index contributed by atoms with van der Waals surface area (Å²) in [4.78, 5) is 21.2. The van der Waals surface area contributed by atoms with Crippen molar-refractivity contribution in [2.24, 2.45) is 5.10 Å². The zero-order valence-electron chi connectivity index (χ0n) is 17.1. The van der Waals surface area contributed by atoms with Gasteiger partial charge in [0.1, 0.15) is 0 Å². The van der Waals surface area contributed by atoms with E-state index in [1.54, 1.807) is 30.1 Å². The number of aryl methyl sites for hydroxylation is 4. The zero-order valence-corrected chi connectivity index (χ0v) is 17.9. The summed E-state index contributed by atoms with van der Waals surface area (Å²) in [6.07, 6.45) is 1.67. The lowest BCUT2D eigenvalue weighted by Crippen LogP contribution is -2.17. The summed E-state index contributed by atoms with van der Waals surface area (Å²) < 4.78 is 0. The van der Waals surface area contributed by atoms with Crippen LogP contribution in [-0.4, -0.2) is 22.1 Å². The van der Waals surface area contributed by atoms with Crippen LogP contribution in [0, 0.1) is 27.7 Å².